The number of amides is 2. The lowest BCUT2D eigenvalue weighted by molar-refractivity contribution is -0.163. The Bertz CT molecular complexity index is 1030. The number of rotatable bonds is 10. The smallest absolute Gasteiger partial charge is 0.407 e. The number of nitrogens with one attached hydrogen (secondary N) is 2. The van der Waals surface area contributed by atoms with Crippen molar-refractivity contribution in [3.05, 3.63) is 35.4 Å². The third-order valence-corrected chi connectivity index (χ3v) is 5.82. The molecule has 39 heavy (non-hydrogen) atoms. The first kappa shape index (κ1) is 31.7. The van der Waals surface area contributed by atoms with Crippen LogP contribution in [0.1, 0.15) is 76.7 Å². The minimum absolute atomic E-state index is 0.0127. The number of alkyl carbamates (subject to hydrolysis) is 1. The van der Waals surface area contributed by atoms with Gasteiger partial charge < -0.3 is 30.2 Å². The molecule has 0 saturated carbocycles. The summed E-state index contributed by atoms with van der Waals surface area (Å²) in [7, 11) is 0. The van der Waals surface area contributed by atoms with E-state index in [2.05, 4.69) is 5.32 Å². The Morgan fingerprint density at radius 3 is 2.10 bits per heavy atom. The van der Waals surface area contributed by atoms with Gasteiger partial charge in [-0.15, -0.1) is 0 Å². The Labute approximate surface area is 230 Å². The maximum absolute atomic E-state index is 13.5. The molecule has 2 rings (SSSR count). The Balaban J connectivity index is 2.04. The summed E-state index contributed by atoms with van der Waals surface area (Å²) < 4.78 is 16.2. The summed E-state index contributed by atoms with van der Waals surface area (Å²) in [6.45, 7) is 11.2. The van der Waals surface area contributed by atoms with Crippen molar-refractivity contribution in [2.45, 2.75) is 78.0 Å². The number of hydrogen-bond donors (Lipinski definition) is 3. The van der Waals surface area contributed by atoms with Crippen molar-refractivity contribution < 1.29 is 33.4 Å². The van der Waals surface area contributed by atoms with Crippen molar-refractivity contribution >= 4 is 29.6 Å². The highest BCUT2D eigenvalue weighted by molar-refractivity contribution is 6.10. The van der Waals surface area contributed by atoms with E-state index >= 15 is 0 Å². The first-order valence-electron chi connectivity index (χ1n) is 13.1. The van der Waals surface area contributed by atoms with E-state index in [4.69, 9.17) is 25.4 Å². The molecular formula is C28H42N4O7. The van der Waals surface area contributed by atoms with Gasteiger partial charge in [0.05, 0.1) is 12.7 Å². The van der Waals surface area contributed by atoms with E-state index in [-0.39, 0.29) is 37.5 Å². The lowest BCUT2D eigenvalue weighted by Gasteiger charge is -2.34. The predicted octanol–water partition coefficient (Wildman–Crippen LogP) is 3.03. The molecule has 0 bridgehead atoms. The van der Waals surface area contributed by atoms with Crippen LogP contribution in [0.3, 0.4) is 0 Å². The normalized spacial score (nSPS) is 15.3. The van der Waals surface area contributed by atoms with Crippen LogP contribution in [0.15, 0.2) is 24.3 Å². The molecule has 2 amide bonds. The number of hydrogen-bond acceptors (Lipinski definition) is 8. The van der Waals surface area contributed by atoms with Crippen LogP contribution in [0, 0.1) is 11.3 Å². The average molecular weight is 547 g/mol. The molecule has 0 radical (unpaired) electrons. The van der Waals surface area contributed by atoms with Crippen LogP contribution in [0.25, 0.3) is 0 Å². The number of carbonyl (C=O) groups excluding carboxylic acids is 4. The molecule has 1 aromatic rings. The van der Waals surface area contributed by atoms with Crippen LogP contribution in [0.2, 0.25) is 0 Å². The summed E-state index contributed by atoms with van der Waals surface area (Å²) in [5.41, 5.74) is 5.18. The molecule has 0 aliphatic carbocycles. The van der Waals surface area contributed by atoms with Crippen LogP contribution < -0.4 is 11.1 Å². The van der Waals surface area contributed by atoms with Crippen LogP contribution in [-0.4, -0.2) is 78.0 Å². The standard InChI is InChI=1S/C28H42N4O7/c1-27(2,3)31-26(36)37-16-13-21(23(34)18-7-9-19(10-8-18)24(29)30)25(35)32-14-11-20(12-15-32)38-17-22(33)39-28(4,5)6/h7-10,20-21H,11-17H2,1-6H3,(H3,29,30)(H,31,36)/t21-/m0/s1. The number of nitrogen functional groups attached to an aromatic ring is 1. The van der Waals surface area contributed by atoms with Gasteiger partial charge in [-0.25, -0.2) is 9.59 Å². The molecule has 11 heteroatoms. The molecule has 1 heterocycles. The van der Waals surface area contributed by atoms with E-state index in [9.17, 15) is 19.2 Å². The molecule has 0 spiro atoms. The van der Waals surface area contributed by atoms with Crippen molar-refractivity contribution in [2.75, 3.05) is 26.3 Å². The first-order chi connectivity index (χ1) is 18.1. The summed E-state index contributed by atoms with van der Waals surface area (Å²) in [5.74, 6) is -2.40. The molecule has 1 atom stereocenters. The zero-order valence-electron chi connectivity index (χ0n) is 23.8. The van der Waals surface area contributed by atoms with Gasteiger partial charge in [-0.3, -0.25) is 15.0 Å². The Kier molecular flexibility index (Phi) is 11.0. The Hall–Kier alpha value is -3.47. The number of ketones is 1. The molecule has 1 aliphatic rings. The zero-order valence-corrected chi connectivity index (χ0v) is 23.8. The molecule has 1 saturated heterocycles. The van der Waals surface area contributed by atoms with Crippen LogP contribution in [0.4, 0.5) is 4.79 Å². The average Bonchev–Trinajstić information content (AvgIpc) is 2.83. The summed E-state index contributed by atoms with van der Waals surface area (Å²) in [6.07, 6.45) is 0.188. The SMILES string of the molecule is CC(C)(C)NC(=O)OCC[C@@H](C(=O)c1ccc(C(=N)N)cc1)C(=O)N1CCC(OCC(=O)OC(C)(C)C)CC1. The minimum Gasteiger partial charge on any atom is -0.458 e. The second kappa shape index (κ2) is 13.5. The number of carbonyl (C=O) groups is 4. The second-order valence-electron chi connectivity index (χ2n) is 11.6. The molecule has 4 N–H and O–H groups in total. The maximum Gasteiger partial charge on any atom is 0.407 e. The third kappa shape index (κ3) is 11.0. The number of likely N-dealkylation sites (tertiary alicyclic amines) is 1. The number of piperidine rings is 1. The maximum atomic E-state index is 13.5. The fourth-order valence-corrected chi connectivity index (χ4v) is 4.01. The van der Waals surface area contributed by atoms with Crippen molar-refractivity contribution in [3.8, 4) is 0 Å². The van der Waals surface area contributed by atoms with Crippen molar-refractivity contribution in [2.24, 2.45) is 11.7 Å². The summed E-state index contributed by atoms with van der Waals surface area (Å²) >= 11 is 0. The highest BCUT2D eigenvalue weighted by Crippen LogP contribution is 2.21. The molecule has 1 aliphatic heterocycles. The molecule has 216 valence electrons. The Morgan fingerprint density at radius 1 is 1.03 bits per heavy atom. The third-order valence-electron chi connectivity index (χ3n) is 5.82. The van der Waals surface area contributed by atoms with Crippen LogP contribution in [-0.2, 0) is 23.8 Å². The van der Waals surface area contributed by atoms with E-state index in [1.807, 2.05) is 20.8 Å². The number of esters is 1. The van der Waals surface area contributed by atoms with Crippen molar-refractivity contribution in [1.82, 2.24) is 10.2 Å². The van der Waals surface area contributed by atoms with Gasteiger partial charge >= 0.3 is 12.1 Å². The number of nitrogens with two attached hydrogens (primary N) is 1. The van der Waals surface area contributed by atoms with Gasteiger partial charge in [-0.05, 0) is 54.4 Å². The quantitative estimate of drug-likeness (QED) is 0.133. The highest BCUT2D eigenvalue weighted by atomic mass is 16.6. The number of Topliss-reactive ketones (excluding diaryl/α,β-unsaturated/α-hetero) is 1. The molecule has 0 unspecified atom stereocenters. The van der Waals surface area contributed by atoms with E-state index in [0.717, 1.165) is 0 Å². The number of nitrogens with zero attached hydrogens (tertiary/aromatic N) is 1. The second-order valence-corrected chi connectivity index (χ2v) is 11.6. The van der Waals surface area contributed by atoms with Crippen molar-refractivity contribution in [1.29, 1.82) is 5.41 Å². The fourth-order valence-electron chi connectivity index (χ4n) is 4.01. The van der Waals surface area contributed by atoms with Gasteiger partial charge in [0.25, 0.3) is 0 Å². The predicted molar refractivity (Wildman–Crippen MR) is 146 cm³/mol. The van der Waals surface area contributed by atoms with Gasteiger partial charge in [-0.1, -0.05) is 24.3 Å². The number of benzene rings is 1. The lowest BCUT2D eigenvalue weighted by Crippen LogP contribution is -2.46. The van der Waals surface area contributed by atoms with Gasteiger partial charge in [0.15, 0.2) is 5.78 Å². The van der Waals surface area contributed by atoms with E-state index in [0.29, 0.717) is 37.1 Å². The van der Waals surface area contributed by atoms with Gasteiger partial charge in [0, 0.05) is 36.2 Å². The summed E-state index contributed by atoms with van der Waals surface area (Å²) in [6, 6.07) is 6.17. The fraction of sp³-hybridized carbons (Fsp3) is 0.607. The minimum atomic E-state index is -1.06. The Morgan fingerprint density at radius 2 is 1.59 bits per heavy atom. The number of amidine groups is 1. The summed E-state index contributed by atoms with van der Waals surface area (Å²) in [5, 5.41) is 10.2. The molecule has 1 aromatic carbocycles. The first-order valence-corrected chi connectivity index (χ1v) is 13.1. The van der Waals surface area contributed by atoms with Crippen LogP contribution in [0.5, 0.6) is 0 Å². The molecule has 0 aromatic heterocycles. The van der Waals surface area contributed by atoms with E-state index < -0.39 is 34.9 Å². The van der Waals surface area contributed by atoms with E-state index in [1.54, 1.807) is 37.8 Å². The van der Waals surface area contributed by atoms with Gasteiger partial charge in [-0.2, -0.15) is 0 Å². The van der Waals surface area contributed by atoms with Gasteiger partial charge in [0.2, 0.25) is 5.91 Å². The highest BCUT2D eigenvalue weighted by Gasteiger charge is 2.34. The monoisotopic (exact) mass is 546 g/mol. The lowest BCUT2D eigenvalue weighted by atomic mass is 9.92. The molecular weight excluding hydrogens is 504 g/mol. The zero-order chi connectivity index (χ0) is 29.4. The van der Waals surface area contributed by atoms with Crippen molar-refractivity contribution in [3.63, 3.8) is 0 Å². The van der Waals surface area contributed by atoms with Crippen LogP contribution >= 0.6 is 0 Å². The van der Waals surface area contributed by atoms with Gasteiger partial charge in [0.1, 0.15) is 24.0 Å². The van der Waals surface area contributed by atoms with E-state index in [1.165, 1.54) is 12.1 Å². The largest absolute Gasteiger partial charge is 0.458 e. The summed E-state index contributed by atoms with van der Waals surface area (Å²) in [4.78, 5) is 52.5. The molecule has 1 fully saturated rings. The topological polar surface area (TPSA) is 161 Å². The molecule has 11 nitrogen and oxygen atoms in total. The number of ether oxygens (including phenoxy) is 3.